The number of phenols is 1. The van der Waals surface area contributed by atoms with E-state index in [-0.39, 0.29) is 23.8 Å². The van der Waals surface area contributed by atoms with Crippen LogP contribution in [0.15, 0.2) is 38.3 Å². The molecule has 2 N–H and O–H groups in total. The third-order valence-corrected chi connectivity index (χ3v) is 5.62. The molecule has 0 bridgehead atoms. The van der Waals surface area contributed by atoms with Crippen molar-refractivity contribution in [3.63, 3.8) is 0 Å². The largest absolute Gasteiger partial charge is 0.504 e. The lowest BCUT2D eigenvalue weighted by molar-refractivity contribution is -0.120. The van der Waals surface area contributed by atoms with Gasteiger partial charge in [0.15, 0.2) is 23.0 Å². The van der Waals surface area contributed by atoms with Crippen LogP contribution in [0.1, 0.15) is 11.1 Å². The minimum atomic E-state index is -0.323. The van der Waals surface area contributed by atoms with Crippen molar-refractivity contribution in [3.8, 4) is 23.0 Å². The first kappa shape index (κ1) is 21.0. The summed E-state index contributed by atoms with van der Waals surface area (Å²) in [5.74, 6) is 0.995. The van der Waals surface area contributed by atoms with Gasteiger partial charge in [0.25, 0.3) is 0 Å². The molecule has 0 fully saturated rings. The summed E-state index contributed by atoms with van der Waals surface area (Å²) in [5.41, 5.74) is 3.54. The van der Waals surface area contributed by atoms with Crippen LogP contribution in [0.25, 0.3) is 0 Å². The summed E-state index contributed by atoms with van der Waals surface area (Å²) in [5, 5.41) is 14.1. The first-order valence-corrected chi connectivity index (χ1v) is 9.27. The molecule has 1 amide bonds. The Balaban J connectivity index is 2.09. The van der Waals surface area contributed by atoms with E-state index in [9.17, 15) is 9.90 Å². The highest BCUT2D eigenvalue weighted by molar-refractivity contribution is 9.13. The first-order valence-electron chi connectivity index (χ1n) is 7.69. The third-order valence-electron chi connectivity index (χ3n) is 3.61. The smallest absolute Gasteiger partial charge is 0.244 e. The molecule has 0 atom stereocenters. The maximum absolute atomic E-state index is 12.1. The van der Waals surface area contributed by atoms with Gasteiger partial charge in [0, 0.05) is 8.95 Å². The number of hydrazone groups is 1. The summed E-state index contributed by atoms with van der Waals surface area (Å²) in [7, 11) is 4.52. The van der Waals surface area contributed by atoms with Gasteiger partial charge < -0.3 is 19.3 Å². The average molecular weight is 502 g/mol. The van der Waals surface area contributed by atoms with E-state index in [0.29, 0.717) is 26.0 Å². The van der Waals surface area contributed by atoms with Gasteiger partial charge in [-0.2, -0.15) is 5.10 Å². The Morgan fingerprint density at radius 1 is 1.11 bits per heavy atom. The summed E-state index contributed by atoms with van der Waals surface area (Å²) < 4.78 is 16.7. The van der Waals surface area contributed by atoms with Crippen molar-refractivity contribution < 1.29 is 24.1 Å². The molecule has 7 nitrogen and oxygen atoms in total. The number of nitrogens with zero attached hydrogens (tertiary/aromatic N) is 1. The highest BCUT2D eigenvalue weighted by Crippen LogP contribution is 2.39. The zero-order valence-electron chi connectivity index (χ0n) is 14.9. The molecule has 0 aromatic heterocycles. The van der Waals surface area contributed by atoms with Crippen LogP contribution >= 0.6 is 31.9 Å². The van der Waals surface area contributed by atoms with Gasteiger partial charge in [-0.3, -0.25) is 4.79 Å². The van der Waals surface area contributed by atoms with Gasteiger partial charge >= 0.3 is 0 Å². The number of benzene rings is 2. The minimum Gasteiger partial charge on any atom is -0.504 e. The molecule has 0 aliphatic heterocycles. The summed E-state index contributed by atoms with van der Waals surface area (Å²) >= 11 is 6.71. The van der Waals surface area contributed by atoms with Gasteiger partial charge in [-0.05, 0) is 55.6 Å². The monoisotopic (exact) mass is 500 g/mol. The van der Waals surface area contributed by atoms with E-state index in [1.165, 1.54) is 20.4 Å². The summed E-state index contributed by atoms with van der Waals surface area (Å²) in [6.07, 6.45) is 1.44. The van der Waals surface area contributed by atoms with Gasteiger partial charge in [-0.1, -0.05) is 6.07 Å². The van der Waals surface area contributed by atoms with Crippen molar-refractivity contribution in [2.45, 2.75) is 6.42 Å². The number of rotatable bonds is 7. The lowest BCUT2D eigenvalue weighted by Gasteiger charge is -2.10. The van der Waals surface area contributed by atoms with Crippen LogP contribution in [-0.4, -0.2) is 38.6 Å². The van der Waals surface area contributed by atoms with E-state index < -0.39 is 0 Å². The molecule has 0 unspecified atom stereocenters. The predicted octanol–water partition coefficient (Wildman–Crippen LogP) is 3.64. The number of nitrogens with one attached hydrogen (secondary N) is 1. The molecule has 0 heterocycles. The number of aromatic hydroxyl groups is 1. The van der Waals surface area contributed by atoms with Crippen LogP contribution < -0.4 is 19.6 Å². The van der Waals surface area contributed by atoms with E-state index >= 15 is 0 Å². The zero-order valence-corrected chi connectivity index (χ0v) is 18.0. The Morgan fingerprint density at radius 2 is 1.78 bits per heavy atom. The number of carbonyl (C=O) groups is 1. The molecular formula is C18H18Br2N2O5. The van der Waals surface area contributed by atoms with Crippen LogP contribution in [0.4, 0.5) is 0 Å². The van der Waals surface area contributed by atoms with Crippen molar-refractivity contribution in [1.29, 1.82) is 0 Å². The fourth-order valence-electron chi connectivity index (χ4n) is 2.27. The molecule has 0 saturated carbocycles. The van der Waals surface area contributed by atoms with E-state index in [0.717, 1.165) is 5.56 Å². The van der Waals surface area contributed by atoms with E-state index in [1.807, 2.05) is 0 Å². The molecule has 27 heavy (non-hydrogen) atoms. The molecule has 2 aromatic rings. The van der Waals surface area contributed by atoms with Crippen molar-refractivity contribution in [2.24, 2.45) is 5.10 Å². The molecule has 0 aliphatic carbocycles. The topological polar surface area (TPSA) is 89.4 Å². The number of hydrogen-bond acceptors (Lipinski definition) is 6. The normalized spacial score (nSPS) is 10.7. The quantitative estimate of drug-likeness (QED) is 0.446. The fourth-order valence-corrected chi connectivity index (χ4v) is 3.10. The second-order valence-corrected chi connectivity index (χ2v) is 6.94. The first-order chi connectivity index (χ1) is 12.9. The maximum atomic E-state index is 12.1. The Morgan fingerprint density at radius 3 is 2.41 bits per heavy atom. The number of halogens is 2. The lowest BCUT2D eigenvalue weighted by atomic mass is 10.1. The van der Waals surface area contributed by atoms with Crippen molar-refractivity contribution >= 4 is 44.0 Å². The van der Waals surface area contributed by atoms with Gasteiger partial charge in [0.1, 0.15) is 0 Å². The third kappa shape index (κ3) is 5.14. The standard InChI is InChI=1S/C18H18Br2N2O5/c1-25-13-5-4-10(6-14(13)26-2)7-16(23)22-21-9-11-17(20)12(19)8-15(27-3)18(11)24/h4-6,8-9,24H,7H2,1-3H3,(H,22,23). The number of methoxy groups -OCH3 is 3. The molecule has 0 aliphatic rings. The van der Waals surface area contributed by atoms with Gasteiger partial charge in [-0.25, -0.2) is 5.43 Å². The van der Waals surface area contributed by atoms with Crippen molar-refractivity contribution in [1.82, 2.24) is 5.43 Å². The number of amides is 1. The number of hydrogen-bond donors (Lipinski definition) is 2. The minimum absolute atomic E-state index is 0.0922. The van der Waals surface area contributed by atoms with E-state index in [4.69, 9.17) is 14.2 Å². The predicted molar refractivity (Wildman–Crippen MR) is 109 cm³/mol. The number of ether oxygens (including phenoxy) is 3. The van der Waals surface area contributed by atoms with E-state index in [2.05, 4.69) is 42.4 Å². The average Bonchev–Trinajstić information content (AvgIpc) is 2.67. The molecule has 144 valence electrons. The maximum Gasteiger partial charge on any atom is 0.244 e. The molecule has 0 radical (unpaired) electrons. The highest BCUT2D eigenvalue weighted by Gasteiger charge is 2.14. The van der Waals surface area contributed by atoms with E-state index in [1.54, 1.807) is 31.4 Å². The fraction of sp³-hybridized carbons (Fsp3) is 0.222. The lowest BCUT2D eigenvalue weighted by Crippen LogP contribution is -2.19. The van der Waals surface area contributed by atoms with Gasteiger partial charge in [0.2, 0.25) is 5.91 Å². The highest BCUT2D eigenvalue weighted by atomic mass is 79.9. The van der Waals surface area contributed by atoms with Gasteiger partial charge in [-0.15, -0.1) is 0 Å². The Bertz CT molecular complexity index is 871. The SMILES string of the molecule is COc1ccc(CC(=O)NN=Cc2c(O)c(OC)cc(Br)c2Br)cc1OC. The molecule has 0 saturated heterocycles. The van der Waals surface area contributed by atoms with Gasteiger partial charge in [0.05, 0.1) is 39.5 Å². The molecule has 2 rings (SSSR count). The van der Waals surface area contributed by atoms with Crippen LogP contribution in [0.3, 0.4) is 0 Å². The molecule has 0 spiro atoms. The summed E-state index contributed by atoms with van der Waals surface area (Å²) in [4.78, 5) is 12.1. The number of carbonyl (C=O) groups excluding carboxylic acids is 1. The van der Waals surface area contributed by atoms with Crippen molar-refractivity contribution in [3.05, 3.63) is 44.3 Å². The Labute approximate surface area is 173 Å². The second kappa shape index (κ2) is 9.61. The Hall–Kier alpha value is -2.26. The summed E-state index contributed by atoms with van der Waals surface area (Å²) in [6, 6.07) is 6.84. The molecule has 9 heteroatoms. The Kier molecular flexibility index (Phi) is 7.49. The van der Waals surface area contributed by atoms with Crippen LogP contribution in [0, 0.1) is 0 Å². The molecule has 2 aromatic carbocycles. The van der Waals surface area contributed by atoms with Crippen LogP contribution in [0.2, 0.25) is 0 Å². The second-order valence-electron chi connectivity index (χ2n) is 5.30. The zero-order chi connectivity index (χ0) is 20.0. The van der Waals surface area contributed by atoms with Crippen LogP contribution in [-0.2, 0) is 11.2 Å². The van der Waals surface area contributed by atoms with Crippen molar-refractivity contribution in [2.75, 3.05) is 21.3 Å². The number of phenolic OH excluding ortho intramolecular Hbond substituents is 1. The molecular weight excluding hydrogens is 484 g/mol. The van der Waals surface area contributed by atoms with Crippen LogP contribution in [0.5, 0.6) is 23.0 Å². The summed E-state index contributed by atoms with van der Waals surface area (Å²) in [6.45, 7) is 0.